The summed E-state index contributed by atoms with van der Waals surface area (Å²) >= 11 is 0. The van der Waals surface area contributed by atoms with E-state index in [-0.39, 0.29) is 24.2 Å². The van der Waals surface area contributed by atoms with Crippen LogP contribution in [-0.4, -0.2) is 47.7 Å². The number of aryl methyl sites for hydroxylation is 1. The third-order valence-corrected chi connectivity index (χ3v) is 5.63. The van der Waals surface area contributed by atoms with Gasteiger partial charge in [0.25, 0.3) is 0 Å². The monoisotopic (exact) mass is 360 g/mol. The van der Waals surface area contributed by atoms with E-state index in [0.29, 0.717) is 35.0 Å². The Balaban J connectivity index is 1.78. The summed E-state index contributed by atoms with van der Waals surface area (Å²) in [5.41, 5.74) is 2.06. The number of hydrogen-bond acceptors (Lipinski definition) is 4. The van der Waals surface area contributed by atoms with Crippen LogP contribution in [0.3, 0.4) is 0 Å². The van der Waals surface area contributed by atoms with Gasteiger partial charge in [-0.25, -0.2) is 4.79 Å². The Morgan fingerprint density at radius 2 is 1.77 bits per heavy atom. The second kappa shape index (κ2) is 7.64. The van der Waals surface area contributed by atoms with Crippen LogP contribution in [0.5, 0.6) is 0 Å². The Morgan fingerprint density at radius 1 is 1.12 bits per heavy atom. The minimum Gasteiger partial charge on any atom is -0.464 e. The van der Waals surface area contributed by atoms with Gasteiger partial charge in [-0.05, 0) is 51.0 Å². The number of Topliss-reactive ketones (excluding diaryl/α,β-unsaturated/α-hetero) is 1. The minimum absolute atomic E-state index is 0.0700. The lowest BCUT2D eigenvalue weighted by Gasteiger charge is -2.25. The maximum atomic E-state index is 13.0. The molecule has 0 unspecified atom stereocenters. The molecule has 0 radical (unpaired) electrons. The third-order valence-electron chi connectivity index (χ3n) is 5.63. The highest BCUT2D eigenvalue weighted by atomic mass is 16.5. The number of esters is 1. The molecule has 0 atom stereocenters. The van der Waals surface area contributed by atoms with Gasteiger partial charge in [0, 0.05) is 23.7 Å². The smallest absolute Gasteiger partial charge is 0.354 e. The maximum Gasteiger partial charge on any atom is 0.354 e. The van der Waals surface area contributed by atoms with Crippen LogP contribution in [0, 0.1) is 25.7 Å². The Bertz CT molecular complexity index is 712. The highest BCUT2D eigenvalue weighted by Gasteiger charge is 2.33. The molecular weight excluding hydrogens is 332 g/mol. The highest BCUT2D eigenvalue weighted by Crippen LogP contribution is 2.32. The predicted molar refractivity (Wildman–Crippen MR) is 97.2 cm³/mol. The van der Waals surface area contributed by atoms with E-state index in [0.717, 1.165) is 38.5 Å². The number of methoxy groups -OCH3 is 1. The lowest BCUT2D eigenvalue weighted by atomic mass is 10.0. The molecule has 6 heteroatoms. The number of amides is 1. The molecule has 2 saturated carbocycles. The number of hydrogen-bond donors (Lipinski definition) is 1. The van der Waals surface area contributed by atoms with Gasteiger partial charge in [-0.1, -0.05) is 12.8 Å². The van der Waals surface area contributed by atoms with E-state index in [1.165, 1.54) is 7.11 Å². The van der Waals surface area contributed by atoms with E-state index in [2.05, 4.69) is 4.98 Å². The van der Waals surface area contributed by atoms with E-state index in [9.17, 15) is 14.4 Å². The Morgan fingerprint density at radius 3 is 2.35 bits per heavy atom. The lowest BCUT2D eigenvalue weighted by molar-refractivity contribution is -0.135. The summed E-state index contributed by atoms with van der Waals surface area (Å²) in [7, 11) is 1.32. The van der Waals surface area contributed by atoms with Crippen LogP contribution in [0.25, 0.3) is 0 Å². The van der Waals surface area contributed by atoms with Crippen LogP contribution >= 0.6 is 0 Å². The molecule has 0 saturated heterocycles. The lowest BCUT2D eigenvalue weighted by Crippen LogP contribution is -2.40. The van der Waals surface area contributed by atoms with E-state index in [4.69, 9.17) is 4.74 Å². The molecule has 1 heterocycles. The number of H-pyrrole nitrogens is 1. The molecule has 0 aromatic carbocycles. The summed E-state index contributed by atoms with van der Waals surface area (Å²) in [6, 6.07) is 0. The fourth-order valence-corrected chi connectivity index (χ4v) is 4.00. The van der Waals surface area contributed by atoms with Crippen molar-refractivity contribution < 1.29 is 19.1 Å². The fraction of sp³-hybridized carbons (Fsp3) is 0.650. The first-order valence-electron chi connectivity index (χ1n) is 9.51. The van der Waals surface area contributed by atoms with Crippen molar-refractivity contribution in [3.05, 3.63) is 22.5 Å². The van der Waals surface area contributed by atoms with Gasteiger partial charge in [-0.3, -0.25) is 9.59 Å². The molecule has 2 aliphatic carbocycles. The van der Waals surface area contributed by atoms with Crippen molar-refractivity contribution in [3.63, 3.8) is 0 Å². The average Bonchev–Trinajstić information content (AvgIpc) is 3.16. The molecule has 142 valence electrons. The topological polar surface area (TPSA) is 79.5 Å². The van der Waals surface area contributed by atoms with Crippen molar-refractivity contribution in [1.82, 2.24) is 9.88 Å². The molecule has 3 rings (SSSR count). The maximum absolute atomic E-state index is 13.0. The molecule has 0 bridgehead atoms. The van der Waals surface area contributed by atoms with Crippen molar-refractivity contribution in [1.29, 1.82) is 0 Å². The summed E-state index contributed by atoms with van der Waals surface area (Å²) in [5.74, 6) is 0.134. The van der Waals surface area contributed by atoms with Crippen LogP contribution < -0.4 is 0 Å². The predicted octanol–water partition coefficient (Wildman–Crippen LogP) is 3.03. The van der Waals surface area contributed by atoms with Gasteiger partial charge in [0.05, 0.1) is 13.7 Å². The summed E-state index contributed by atoms with van der Waals surface area (Å²) in [6.07, 6.45) is 6.33. The summed E-state index contributed by atoms with van der Waals surface area (Å²) in [4.78, 5) is 42.4. The second-order valence-electron chi connectivity index (χ2n) is 7.68. The summed E-state index contributed by atoms with van der Waals surface area (Å²) in [5, 5.41) is 0. The first-order valence-corrected chi connectivity index (χ1v) is 9.51. The van der Waals surface area contributed by atoms with Gasteiger partial charge in [0.1, 0.15) is 5.69 Å². The molecule has 1 aromatic rings. The van der Waals surface area contributed by atoms with Crippen molar-refractivity contribution in [3.8, 4) is 0 Å². The molecule has 1 N–H and O–H groups in total. The van der Waals surface area contributed by atoms with Crippen molar-refractivity contribution in [2.24, 2.45) is 11.8 Å². The quantitative estimate of drug-likeness (QED) is 0.599. The SMILES string of the molecule is COC(=O)c1[nH]c(C)c(C(=O)CN(CC2CC2)C(=O)C2CCCC2)c1C. The normalized spacial score (nSPS) is 17.3. The van der Waals surface area contributed by atoms with E-state index in [1.54, 1.807) is 18.7 Å². The van der Waals surface area contributed by atoms with Crippen LogP contribution in [0.4, 0.5) is 0 Å². The molecule has 1 amide bonds. The molecular formula is C20H28N2O4. The van der Waals surface area contributed by atoms with E-state index < -0.39 is 5.97 Å². The fourth-order valence-electron chi connectivity index (χ4n) is 4.00. The molecule has 2 aliphatic rings. The molecule has 26 heavy (non-hydrogen) atoms. The second-order valence-corrected chi connectivity index (χ2v) is 7.68. The zero-order valence-electron chi connectivity index (χ0n) is 15.9. The number of ketones is 1. The largest absolute Gasteiger partial charge is 0.464 e. The average molecular weight is 360 g/mol. The molecule has 1 aromatic heterocycles. The molecule has 2 fully saturated rings. The number of carbonyl (C=O) groups is 3. The summed E-state index contributed by atoms with van der Waals surface area (Å²) in [6.45, 7) is 4.28. The Kier molecular flexibility index (Phi) is 5.49. The van der Waals surface area contributed by atoms with Gasteiger partial charge < -0.3 is 14.6 Å². The van der Waals surface area contributed by atoms with Gasteiger partial charge in [-0.2, -0.15) is 0 Å². The van der Waals surface area contributed by atoms with Crippen molar-refractivity contribution in [2.45, 2.75) is 52.4 Å². The standard InChI is InChI=1S/C20H28N2O4/c1-12-17(13(2)21-18(12)20(25)26-3)16(23)11-22(10-14-8-9-14)19(24)15-6-4-5-7-15/h14-15,21H,4-11H2,1-3H3. The van der Waals surface area contributed by atoms with Gasteiger partial charge in [0.2, 0.25) is 5.91 Å². The van der Waals surface area contributed by atoms with Gasteiger partial charge in [0.15, 0.2) is 5.78 Å². The number of nitrogens with zero attached hydrogens (tertiary/aromatic N) is 1. The van der Waals surface area contributed by atoms with Crippen molar-refractivity contribution in [2.75, 3.05) is 20.2 Å². The number of aromatic nitrogens is 1. The zero-order valence-corrected chi connectivity index (χ0v) is 15.9. The first kappa shape index (κ1) is 18.7. The number of ether oxygens (including phenoxy) is 1. The minimum atomic E-state index is -0.485. The molecule has 0 spiro atoms. The number of carbonyl (C=O) groups excluding carboxylic acids is 3. The van der Waals surface area contributed by atoms with E-state index in [1.807, 2.05) is 0 Å². The molecule has 0 aliphatic heterocycles. The third kappa shape index (κ3) is 3.84. The molecule has 6 nitrogen and oxygen atoms in total. The highest BCUT2D eigenvalue weighted by molar-refractivity contribution is 6.04. The summed E-state index contributed by atoms with van der Waals surface area (Å²) < 4.78 is 4.77. The number of nitrogens with one attached hydrogen (secondary N) is 1. The van der Waals surface area contributed by atoms with Crippen LogP contribution in [-0.2, 0) is 9.53 Å². The van der Waals surface area contributed by atoms with Crippen molar-refractivity contribution >= 4 is 17.7 Å². The van der Waals surface area contributed by atoms with Crippen LogP contribution in [0.15, 0.2) is 0 Å². The number of aromatic amines is 1. The van der Waals surface area contributed by atoms with E-state index >= 15 is 0 Å². The van der Waals surface area contributed by atoms with Gasteiger partial charge in [-0.15, -0.1) is 0 Å². The Hall–Kier alpha value is -2.11. The first-order chi connectivity index (χ1) is 12.4. The number of rotatable bonds is 7. The van der Waals surface area contributed by atoms with Crippen LogP contribution in [0.1, 0.15) is 70.6 Å². The zero-order chi connectivity index (χ0) is 18.8. The van der Waals surface area contributed by atoms with Crippen LogP contribution in [0.2, 0.25) is 0 Å². The Labute approximate surface area is 154 Å². The van der Waals surface area contributed by atoms with Gasteiger partial charge >= 0.3 is 5.97 Å².